The van der Waals surface area contributed by atoms with E-state index in [1.807, 2.05) is 0 Å². The molecule has 0 atom stereocenters. The molecule has 2 nitrogen and oxygen atoms in total. The van der Waals surface area contributed by atoms with E-state index >= 15 is 0 Å². The molecule has 0 aliphatic rings. The zero-order chi connectivity index (χ0) is 18.2. The number of hydrogen-bond donors (Lipinski definition) is 0. The minimum atomic E-state index is 1.07. The number of aryl methyl sites for hydroxylation is 2. The Morgan fingerprint density at radius 2 is 0.962 bits per heavy atom. The third-order valence-electron chi connectivity index (χ3n) is 5.21. The standard InChI is InChI=1S/C24H32N2/c1-3-5-7-9-11-21-17-15-19-13-14-20-16-18-22(12-10-8-6-4-2)26-24(20)23(19)25-21/h13-18H,3-12H2,1-2H3. The third kappa shape index (κ3) is 4.81. The largest absolute Gasteiger partial charge is 0.251 e. The van der Waals surface area contributed by atoms with Crippen LogP contribution in [0.15, 0.2) is 36.4 Å². The molecule has 0 saturated heterocycles. The normalized spacial score (nSPS) is 11.5. The Kier molecular flexibility index (Phi) is 6.99. The number of pyridine rings is 2. The summed E-state index contributed by atoms with van der Waals surface area (Å²) in [6.07, 6.45) is 12.4. The van der Waals surface area contributed by atoms with Crippen molar-refractivity contribution < 1.29 is 0 Å². The van der Waals surface area contributed by atoms with Crippen molar-refractivity contribution in [1.82, 2.24) is 9.97 Å². The van der Waals surface area contributed by atoms with Gasteiger partial charge in [-0.15, -0.1) is 0 Å². The fourth-order valence-corrected chi connectivity index (χ4v) is 3.59. The van der Waals surface area contributed by atoms with Crippen molar-refractivity contribution in [1.29, 1.82) is 0 Å². The quantitative estimate of drug-likeness (QED) is 0.290. The van der Waals surface area contributed by atoms with Crippen molar-refractivity contribution in [3.8, 4) is 0 Å². The van der Waals surface area contributed by atoms with Crippen LogP contribution in [0.3, 0.4) is 0 Å². The van der Waals surface area contributed by atoms with Crippen LogP contribution in [0.25, 0.3) is 21.8 Å². The summed E-state index contributed by atoms with van der Waals surface area (Å²) in [5.74, 6) is 0. The summed E-state index contributed by atoms with van der Waals surface area (Å²) >= 11 is 0. The molecular formula is C24H32N2. The number of unbranched alkanes of at least 4 members (excludes halogenated alkanes) is 6. The third-order valence-corrected chi connectivity index (χ3v) is 5.21. The fraction of sp³-hybridized carbons (Fsp3) is 0.500. The molecule has 0 unspecified atom stereocenters. The molecule has 2 heteroatoms. The Morgan fingerprint density at radius 1 is 0.538 bits per heavy atom. The van der Waals surface area contributed by atoms with Crippen molar-refractivity contribution in [3.05, 3.63) is 47.8 Å². The highest BCUT2D eigenvalue weighted by molar-refractivity contribution is 6.02. The Morgan fingerprint density at radius 3 is 1.38 bits per heavy atom. The monoisotopic (exact) mass is 348 g/mol. The van der Waals surface area contributed by atoms with Crippen molar-refractivity contribution in [2.75, 3.05) is 0 Å². The molecule has 0 saturated carbocycles. The van der Waals surface area contributed by atoms with Crippen molar-refractivity contribution in [2.45, 2.75) is 78.1 Å². The molecule has 3 rings (SSSR count). The number of benzene rings is 1. The SMILES string of the molecule is CCCCCCc1ccc2ccc3ccc(CCCCCC)nc3c2n1. The number of hydrogen-bond acceptors (Lipinski definition) is 2. The molecule has 2 aromatic heterocycles. The smallest absolute Gasteiger partial charge is 0.0967 e. The van der Waals surface area contributed by atoms with Gasteiger partial charge in [-0.25, -0.2) is 0 Å². The van der Waals surface area contributed by atoms with Crippen molar-refractivity contribution in [3.63, 3.8) is 0 Å². The molecule has 0 radical (unpaired) electrons. The van der Waals surface area contributed by atoms with Crippen molar-refractivity contribution in [2.24, 2.45) is 0 Å². The van der Waals surface area contributed by atoms with Gasteiger partial charge in [-0.3, -0.25) is 9.97 Å². The van der Waals surface area contributed by atoms with E-state index in [1.165, 1.54) is 73.5 Å². The number of fused-ring (bicyclic) bond motifs is 3. The van der Waals surface area contributed by atoms with Crippen LogP contribution in [-0.2, 0) is 12.8 Å². The van der Waals surface area contributed by atoms with Gasteiger partial charge in [0.2, 0.25) is 0 Å². The molecule has 138 valence electrons. The first-order valence-electron chi connectivity index (χ1n) is 10.5. The zero-order valence-electron chi connectivity index (χ0n) is 16.4. The minimum Gasteiger partial charge on any atom is -0.251 e. The summed E-state index contributed by atoms with van der Waals surface area (Å²) in [6, 6.07) is 13.2. The van der Waals surface area contributed by atoms with Gasteiger partial charge in [0.15, 0.2) is 0 Å². The molecule has 0 spiro atoms. The van der Waals surface area contributed by atoms with Gasteiger partial charge in [-0.1, -0.05) is 76.6 Å². The Labute approximate surface area is 158 Å². The van der Waals surface area contributed by atoms with E-state index in [0.29, 0.717) is 0 Å². The first-order valence-corrected chi connectivity index (χ1v) is 10.5. The predicted molar refractivity (Wildman–Crippen MR) is 113 cm³/mol. The van der Waals surface area contributed by atoms with E-state index in [0.717, 1.165) is 23.9 Å². The molecule has 1 aromatic carbocycles. The lowest BCUT2D eigenvalue weighted by atomic mass is 10.1. The fourth-order valence-electron chi connectivity index (χ4n) is 3.59. The topological polar surface area (TPSA) is 25.8 Å². The van der Waals surface area contributed by atoms with Gasteiger partial charge in [0.25, 0.3) is 0 Å². The molecule has 0 amide bonds. The molecule has 0 N–H and O–H groups in total. The molecule has 3 aromatic rings. The van der Waals surface area contributed by atoms with Crippen LogP contribution in [0.4, 0.5) is 0 Å². The number of rotatable bonds is 10. The highest BCUT2D eigenvalue weighted by Crippen LogP contribution is 2.24. The van der Waals surface area contributed by atoms with Gasteiger partial charge in [0.1, 0.15) is 0 Å². The molecule has 0 aliphatic carbocycles. The summed E-state index contributed by atoms with van der Waals surface area (Å²) in [4.78, 5) is 9.98. The Bertz CT molecular complexity index is 767. The first kappa shape index (κ1) is 18.8. The van der Waals surface area contributed by atoms with Gasteiger partial charge in [-0.05, 0) is 37.8 Å². The van der Waals surface area contributed by atoms with E-state index < -0.39 is 0 Å². The molecule has 0 bridgehead atoms. The first-order chi connectivity index (χ1) is 12.8. The average Bonchev–Trinajstić information content (AvgIpc) is 2.68. The summed E-state index contributed by atoms with van der Waals surface area (Å²) in [5, 5.41) is 2.40. The maximum absolute atomic E-state index is 4.99. The van der Waals surface area contributed by atoms with E-state index in [9.17, 15) is 0 Å². The van der Waals surface area contributed by atoms with Gasteiger partial charge in [-0.2, -0.15) is 0 Å². The lowest BCUT2D eigenvalue weighted by Crippen LogP contribution is -1.95. The average molecular weight is 349 g/mol. The predicted octanol–water partition coefficient (Wildman–Crippen LogP) is 7.03. The number of aromatic nitrogens is 2. The van der Waals surface area contributed by atoms with Crippen LogP contribution < -0.4 is 0 Å². The summed E-state index contributed by atoms with van der Waals surface area (Å²) < 4.78 is 0. The minimum absolute atomic E-state index is 1.07. The summed E-state index contributed by atoms with van der Waals surface area (Å²) in [5.41, 5.74) is 4.56. The molecule has 2 heterocycles. The lowest BCUT2D eigenvalue weighted by Gasteiger charge is -2.08. The lowest BCUT2D eigenvalue weighted by molar-refractivity contribution is 0.661. The maximum atomic E-state index is 4.99. The molecule has 26 heavy (non-hydrogen) atoms. The van der Waals surface area contributed by atoms with Crippen LogP contribution in [0.1, 0.15) is 76.6 Å². The van der Waals surface area contributed by atoms with Gasteiger partial charge in [0, 0.05) is 22.2 Å². The Balaban J connectivity index is 1.84. The summed E-state index contributed by atoms with van der Waals surface area (Å²) in [6.45, 7) is 4.51. The van der Waals surface area contributed by atoms with Gasteiger partial charge in [0.05, 0.1) is 11.0 Å². The van der Waals surface area contributed by atoms with E-state index in [1.54, 1.807) is 0 Å². The van der Waals surface area contributed by atoms with Crippen LogP contribution in [0, 0.1) is 0 Å². The molecular weight excluding hydrogens is 316 g/mol. The molecule has 0 fully saturated rings. The van der Waals surface area contributed by atoms with Gasteiger partial charge < -0.3 is 0 Å². The maximum Gasteiger partial charge on any atom is 0.0967 e. The van der Waals surface area contributed by atoms with Crippen LogP contribution >= 0.6 is 0 Å². The second kappa shape index (κ2) is 9.66. The second-order valence-corrected chi connectivity index (χ2v) is 7.44. The van der Waals surface area contributed by atoms with Gasteiger partial charge >= 0.3 is 0 Å². The zero-order valence-corrected chi connectivity index (χ0v) is 16.4. The molecule has 0 aliphatic heterocycles. The highest BCUT2D eigenvalue weighted by Gasteiger charge is 2.07. The van der Waals surface area contributed by atoms with Crippen LogP contribution in [0.5, 0.6) is 0 Å². The Hall–Kier alpha value is -1.96. The van der Waals surface area contributed by atoms with E-state index in [4.69, 9.17) is 9.97 Å². The van der Waals surface area contributed by atoms with E-state index in [-0.39, 0.29) is 0 Å². The summed E-state index contributed by atoms with van der Waals surface area (Å²) in [7, 11) is 0. The van der Waals surface area contributed by atoms with Crippen LogP contribution in [-0.4, -0.2) is 9.97 Å². The second-order valence-electron chi connectivity index (χ2n) is 7.44. The van der Waals surface area contributed by atoms with E-state index in [2.05, 4.69) is 50.2 Å². The highest BCUT2D eigenvalue weighted by atomic mass is 14.8. The van der Waals surface area contributed by atoms with Crippen LogP contribution in [0.2, 0.25) is 0 Å². The van der Waals surface area contributed by atoms with Crippen molar-refractivity contribution >= 4 is 21.8 Å². The number of nitrogens with zero attached hydrogens (tertiary/aromatic N) is 2.